The van der Waals surface area contributed by atoms with Crippen LogP contribution in [0.4, 0.5) is 4.39 Å². The maximum atomic E-state index is 13.2. The summed E-state index contributed by atoms with van der Waals surface area (Å²) in [7, 11) is 0. The maximum absolute atomic E-state index is 13.2. The minimum absolute atomic E-state index is 0. The van der Waals surface area contributed by atoms with Crippen LogP contribution >= 0.6 is 24.0 Å². The molecule has 0 saturated carbocycles. The number of nitrogens with zero attached hydrogens (tertiary/aromatic N) is 2. The van der Waals surface area contributed by atoms with Gasteiger partial charge >= 0.3 is 0 Å². The van der Waals surface area contributed by atoms with E-state index in [4.69, 9.17) is 0 Å². The fourth-order valence-electron chi connectivity index (χ4n) is 2.02. The van der Waals surface area contributed by atoms with Gasteiger partial charge in [-0.15, -0.1) is 24.0 Å². The molecule has 0 saturated heterocycles. The highest BCUT2D eigenvalue weighted by atomic mass is 127. The van der Waals surface area contributed by atoms with Crippen LogP contribution in [-0.2, 0) is 13.1 Å². The van der Waals surface area contributed by atoms with E-state index in [2.05, 4.69) is 20.6 Å². The van der Waals surface area contributed by atoms with E-state index >= 15 is 0 Å². The van der Waals surface area contributed by atoms with Gasteiger partial charge in [-0.2, -0.15) is 0 Å². The van der Waals surface area contributed by atoms with Crippen molar-refractivity contribution in [3.05, 3.63) is 65.2 Å². The molecule has 124 valence electrons. The van der Waals surface area contributed by atoms with E-state index < -0.39 is 0 Å². The zero-order chi connectivity index (χ0) is 15.8. The lowest BCUT2D eigenvalue weighted by Gasteiger charge is -2.11. The van der Waals surface area contributed by atoms with E-state index in [1.165, 1.54) is 12.1 Å². The van der Waals surface area contributed by atoms with Crippen LogP contribution in [0.5, 0.6) is 0 Å². The molecule has 2 N–H and O–H groups in total. The van der Waals surface area contributed by atoms with Crippen LogP contribution in [0.15, 0.2) is 47.5 Å². The summed E-state index contributed by atoms with van der Waals surface area (Å²) in [6, 6.07) is 12.4. The molecular weight excluding hydrogens is 406 g/mol. The highest BCUT2D eigenvalue weighted by Crippen LogP contribution is 2.04. The van der Waals surface area contributed by atoms with E-state index in [1.54, 1.807) is 6.07 Å². The van der Waals surface area contributed by atoms with Gasteiger partial charge < -0.3 is 10.6 Å². The quantitative estimate of drug-likeness (QED) is 0.436. The largest absolute Gasteiger partial charge is 0.357 e. The number of hydrogen-bond acceptors (Lipinski definition) is 2. The Balaban J connectivity index is 0.00000264. The third kappa shape index (κ3) is 6.94. The molecule has 0 amide bonds. The van der Waals surface area contributed by atoms with Crippen LogP contribution in [0.1, 0.15) is 23.9 Å². The number of aliphatic imine (C=N–C) groups is 1. The molecule has 0 bridgehead atoms. The monoisotopic (exact) mass is 428 g/mol. The first kappa shape index (κ1) is 19.3. The lowest BCUT2D eigenvalue weighted by atomic mass is 10.2. The van der Waals surface area contributed by atoms with Crippen LogP contribution in [0.3, 0.4) is 0 Å². The summed E-state index contributed by atoms with van der Waals surface area (Å²) in [6.07, 6.45) is 0. The first-order valence-corrected chi connectivity index (χ1v) is 7.36. The Hall–Kier alpha value is -1.70. The normalized spacial score (nSPS) is 10.8. The third-order valence-electron chi connectivity index (χ3n) is 3.04. The summed E-state index contributed by atoms with van der Waals surface area (Å²) in [4.78, 5) is 8.90. The Morgan fingerprint density at radius 1 is 1.17 bits per heavy atom. The second-order valence-corrected chi connectivity index (χ2v) is 4.95. The summed E-state index contributed by atoms with van der Waals surface area (Å²) >= 11 is 0. The second-order valence-electron chi connectivity index (χ2n) is 4.95. The van der Waals surface area contributed by atoms with Gasteiger partial charge in [0.1, 0.15) is 5.82 Å². The van der Waals surface area contributed by atoms with Gasteiger partial charge in [0.15, 0.2) is 5.96 Å². The molecule has 0 fully saturated rings. The Bertz CT molecular complexity index is 646. The Morgan fingerprint density at radius 3 is 2.65 bits per heavy atom. The SMILES string of the molecule is CCNC(=NCc1cccc(F)c1)NCc1cccc(C)n1.I. The molecule has 6 heteroatoms. The van der Waals surface area contributed by atoms with Gasteiger partial charge in [-0.3, -0.25) is 4.98 Å². The van der Waals surface area contributed by atoms with Gasteiger partial charge in [0.2, 0.25) is 0 Å². The summed E-state index contributed by atoms with van der Waals surface area (Å²) in [5.74, 6) is 0.449. The Kier molecular flexibility index (Phi) is 8.53. The molecule has 0 aliphatic carbocycles. The molecule has 0 radical (unpaired) electrons. The van der Waals surface area contributed by atoms with Crippen molar-refractivity contribution < 1.29 is 4.39 Å². The first-order chi connectivity index (χ1) is 10.7. The van der Waals surface area contributed by atoms with Gasteiger partial charge in [0.25, 0.3) is 0 Å². The molecule has 0 unspecified atom stereocenters. The van der Waals surface area contributed by atoms with Crippen LogP contribution in [0.2, 0.25) is 0 Å². The molecule has 1 aromatic carbocycles. The maximum Gasteiger partial charge on any atom is 0.191 e. The van der Waals surface area contributed by atoms with E-state index in [1.807, 2.05) is 38.1 Å². The Morgan fingerprint density at radius 2 is 1.96 bits per heavy atom. The molecule has 4 nitrogen and oxygen atoms in total. The number of halogens is 2. The number of guanidine groups is 1. The fraction of sp³-hybridized carbons (Fsp3) is 0.294. The number of pyridine rings is 1. The lowest BCUT2D eigenvalue weighted by molar-refractivity contribution is 0.625. The van der Waals surface area contributed by atoms with Crippen molar-refractivity contribution in [2.75, 3.05) is 6.54 Å². The molecule has 1 heterocycles. The van der Waals surface area contributed by atoms with Crippen LogP contribution < -0.4 is 10.6 Å². The number of aryl methyl sites for hydroxylation is 1. The molecular formula is C17H22FIN4. The molecule has 0 aliphatic heterocycles. The molecule has 2 rings (SSSR count). The minimum atomic E-state index is -0.241. The lowest BCUT2D eigenvalue weighted by Crippen LogP contribution is -2.37. The average molecular weight is 428 g/mol. The molecule has 0 aliphatic rings. The van der Waals surface area contributed by atoms with Crippen LogP contribution in [0, 0.1) is 12.7 Å². The summed E-state index contributed by atoms with van der Waals surface area (Å²) in [5.41, 5.74) is 2.78. The van der Waals surface area contributed by atoms with Crippen molar-refractivity contribution in [1.82, 2.24) is 15.6 Å². The highest BCUT2D eigenvalue weighted by molar-refractivity contribution is 14.0. The Labute approximate surface area is 153 Å². The van der Waals surface area contributed by atoms with Crippen molar-refractivity contribution >= 4 is 29.9 Å². The predicted octanol–water partition coefficient (Wildman–Crippen LogP) is 3.40. The smallest absolute Gasteiger partial charge is 0.191 e. The highest BCUT2D eigenvalue weighted by Gasteiger charge is 2.00. The number of rotatable bonds is 5. The van der Waals surface area contributed by atoms with Gasteiger partial charge in [-0.25, -0.2) is 9.38 Å². The second kappa shape index (κ2) is 10.1. The van der Waals surface area contributed by atoms with E-state index in [0.717, 1.165) is 23.5 Å². The van der Waals surface area contributed by atoms with E-state index in [9.17, 15) is 4.39 Å². The summed E-state index contributed by atoms with van der Waals surface area (Å²) in [6.45, 7) is 5.75. The van der Waals surface area contributed by atoms with Gasteiger partial charge in [-0.1, -0.05) is 18.2 Å². The average Bonchev–Trinajstić information content (AvgIpc) is 2.50. The van der Waals surface area contributed by atoms with Crippen molar-refractivity contribution in [1.29, 1.82) is 0 Å². The van der Waals surface area contributed by atoms with Gasteiger partial charge in [0, 0.05) is 12.2 Å². The van der Waals surface area contributed by atoms with Crippen LogP contribution in [-0.4, -0.2) is 17.5 Å². The van der Waals surface area contributed by atoms with Gasteiger partial charge in [-0.05, 0) is 43.7 Å². The van der Waals surface area contributed by atoms with Crippen molar-refractivity contribution in [3.63, 3.8) is 0 Å². The van der Waals surface area contributed by atoms with Crippen molar-refractivity contribution in [3.8, 4) is 0 Å². The first-order valence-electron chi connectivity index (χ1n) is 7.36. The number of aromatic nitrogens is 1. The van der Waals surface area contributed by atoms with Crippen LogP contribution in [0.25, 0.3) is 0 Å². The number of hydrogen-bond donors (Lipinski definition) is 2. The minimum Gasteiger partial charge on any atom is -0.357 e. The standard InChI is InChI=1S/C17H21FN4.HI/c1-3-19-17(20-11-14-7-5-8-15(18)10-14)21-12-16-9-4-6-13(2)22-16;/h4-10H,3,11-12H2,1-2H3,(H2,19,20,21);1H. The van der Waals surface area contributed by atoms with Crippen molar-refractivity contribution in [2.24, 2.45) is 4.99 Å². The van der Waals surface area contributed by atoms with Crippen molar-refractivity contribution in [2.45, 2.75) is 26.9 Å². The zero-order valence-corrected chi connectivity index (χ0v) is 15.7. The molecule has 0 spiro atoms. The molecule has 0 atom stereocenters. The third-order valence-corrected chi connectivity index (χ3v) is 3.04. The molecule has 1 aromatic heterocycles. The predicted molar refractivity (Wildman–Crippen MR) is 102 cm³/mol. The molecule has 2 aromatic rings. The van der Waals surface area contributed by atoms with E-state index in [0.29, 0.717) is 19.0 Å². The summed E-state index contributed by atoms with van der Waals surface area (Å²) in [5, 5.41) is 6.40. The topological polar surface area (TPSA) is 49.3 Å². The zero-order valence-electron chi connectivity index (χ0n) is 13.3. The number of benzene rings is 1. The number of nitrogens with one attached hydrogen (secondary N) is 2. The van der Waals surface area contributed by atoms with E-state index in [-0.39, 0.29) is 29.8 Å². The molecule has 23 heavy (non-hydrogen) atoms. The fourth-order valence-corrected chi connectivity index (χ4v) is 2.02. The summed E-state index contributed by atoms with van der Waals surface area (Å²) < 4.78 is 13.2. The van der Waals surface area contributed by atoms with Gasteiger partial charge in [0.05, 0.1) is 18.8 Å².